The highest BCUT2D eigenvalue weighted by Crippen LogP contribution is 2.25. The molecule has 0 aliphatic rings. The number of methoxy groups -OCH3 is 1. The van der Waals surface area contributed by atoms with Gasteiger partial charge in [-0.05, 0) is 61.0 Å². The van der Waals surface area contributed by atoms with Crippen LogP contribution in [0.15, 0.2) is 71.9 Å². The molecule has 1 aromatic heterocycles. The van der Waals surface area contributed by atoms with Gasteiger partial charge >= 0.3 is 0 Å². The number of nitrogens with zero attached hydrogens (tertiary/aromatic N) is 1. The number of rotatable bonds is 8. The van der Waals surface area contributed by atoms with Gasteiger partial charge in [-0.25, -0.2) is 0 Å². The summed E-state index contributed by atoms with van der Waals surface area (Å²) in [7, 11) is 1.55. The first kappa shape index (κ1) is 20.6. The molecular formula is C23H22N2O3S. The van der Waals surface area contributed by atoms with Crippen molar-refractivity contribution < 1.29 is 14.3 Å². The van der Waals surface area contributed by atoms with E-state index in [0.29, 0.717) is 16.9 Å². The number of aromatic nitrogens is 1. The van der Waals surface area contributed by atoms with E-state index in [-0.39, 0.29) is 18.1 Å². The molecule has 0 fully saturated rings. The Hall–Kier alpha value is -3.12. The summed E-state index contributed by atoms with van der Waals surface area (Å²) in [6.45, 7) is 1.50. The lowest BCUT2D eigenvalue weighted by molar-refractivity contribution is -0.115. The second kappa shape index (κ2) is 9.89. The smallest absolute Gasteiger partial charge is 0.228 e. The Balaban J connectivity index is 1.59. The molecule has 0 saturated heterocycles. The second-order valence-electron chi connectivity index (χ2n) is 6.48. The number of pyridine rings is 1. The molecule has 1 N–H and O–H groups in total. The number of ether oxygens (including phenoxy) is 1. The van der Waals surface area contributed by atoms with E-state index < -0.39 is 0 Å². The Morgan fingerprint density at radius 3 is 2.55 bits per heavy atom. The van der Waals surface area contributed by atoms with E-state index in [9.17, 15) is 9.59 Å². The minimum atomic E-state index is -0.167. The second-order valence-corrected chi connectivity index (χ2v) is 7.53. The Kier molecular flexibility index (Phi) is 7.03. The number of amides is 1. The van der Waals surface area contributed by atoms with Crippen LogP contribution in [0, 0.1) is 0 Å². The molecule has 6 heteroatoms. The van der Waals surface area contributed by atoms with Gasteiger partial charge in [-0.1, -0.05) is 6.07 Å². The lowest BCUT2D eigenvalue weighted by Crippen LogP contribution is -2.15. The molecule has 2 aromatic carbocycles. The van der Waals surface area contributed by atoms with Crippen LogP contribution in [0.2, 0.25) is 0 Å². The fraction of sp³-hybridized carbons (Fsp3) is 0.174. The molecule has 0 spiro atoms. The van der Waals surface area contributed by atoms with Crippen molar-refractivity contribution in [2.24, 2.45) is 0 Å². The zero-order valence-corrected chi connectivity index (χ0v) is 17.2. The highest BCUT2D eigenvalue weighted by Gasteiger charge is 2.12. The zero-order chi connectivity index (χ0) is 20.6. The number of anilines is 1. The highest BCUT2D eigenvalue weighted by atomic mass is 32.2. The summed E-state index contributed by atoms with van der Waals surface area (Å²) in [4.78, 5) is 29.3. The van der Waals surface area contributed by atoms with Crippen LogP contribution in [-0.2, 0) is 17.0 Å². The average molecular weight is 407 g/mol. The molecule has 0 saturated carbocycles. The van der Waals surface area contributed by atoms with E-state index in [4.69, 9.17) is 4.74 Å². The molecule has 3 rings (SSSR count). The van der Waals surface area contributed by atoms with E-state index in [1.807, 2.05) is 42.6 Å². The van der Waals surface area contributed by atoms with E-state index in [2.05, 4.69) is 10.3 Å². The van der Waals surface area contributed by atoms with Crippen molar-refractivity contribution in [2.75, 3.05) is 12.4 Å². The first-order chi connectivity index (χ1) is 14.0. The van der Waals surface area contributed by atoms with Crippen molar-refractivity contribution in [3.05, 3.63) is 83.7 Å². The van der Waals surface area contributed by atoms with Gasteiger partial charge in [-0.2, -0.15) is 0 Å². The van der Waals surface area contributed by atoms with Gasteiger partial charge < -0.3 is 10.1 Å². The zero-order valence-electron chi connectivity index (χ0n) is 16.3. The number of benzene rings is 2. The van der Waals surface area contributed by atoms with Gasteiger partial charge in [0.1, 0.15) is 5.75 Å². The average Bonchev–Trinajstić information content (AvgIpc) is 2.74. The highest BCUT2D eigenvalue weighted by molar-refractivity contribution is 7.98. The third-order valence-electron chi connectivity index (χ3n) is 4.30. The van der Waals surface area contributed by atoms with Gasteiger partial charge in [0.15, 0.2) is 5.78 Å². The first-order valence-electron chi connectivity index (χ1n) is 9.14. The standard InChI is InChI=1S/C23H22N2O3S/c1-16(26)18-5-10-22(28-2)19(12-18)13-23(27)25-20-6-8-21(9-7-20)29-15-17-4-3-11-24-14-17/h3-12,14H,13,15H2,1-2H3,(H,25,27). The van der Waals surface area contributed by atoms with Crippen molar-refractivity contribution in [1.82, 2.24) is 4.98 Å². The molecule has 3 aromatic rings. The Bertz CT molecular complexity index is 989. The number of hydrogen-bond acceptors (Lipinski definition) is 5. The topological polar surface area (TPSA) is 68.3 Å². The van der Waals surface area contributed by atoms with Crippen LogP contribution in [0.25, 0.3) is 0 Å². The Morgan fingerprint density at radius 2 is 1.90 bits per heavy atom. The van der Waals surface area contributed by atoms with Crippen LogP contribution in [0.5, 0.6) is 5.75 Å². The van der Waals surface area contributed by atoms with Crippen molar-refractivity contribution in [3.8, 4) is 5.75 Å². The SMILES string of the molecule is COc1ccc(C(C)=O)cc1CC(=O)Nc1ccc(SCc2cccnc2)cc1. The maximum Gasteiger partial charge on any atom is 0.228 e. The molecule has 5 nitrogen and oxygen atoms in total. The first-order valence-corrected chi connectivity index (χ1v) is 10.1. The maximum absolute atomic E-state index is 12.5. The predicted octanol–water partition coefficient (Wildman–Crippen LogP) is 4.77. The molecule has 0 unspecified atom stereocenters. The van der Waals surface area contributed by atoms with E-state index in [0.717, 1.165) is 21.9 Å². The quantitative estimate of drug-likeness (QED) is 0.431. The van der Waals surface area contributed by atoms with Crippen LogP contribution in [0.3, 0.4) is 0 Å². The Labute approximate surface area is 174 Å². The number of carbonyl (C=O) groups is 2. The van der Waals surface area contributed by atoms with Crippen molar-refractivity contribution in [2.45, 2.75) is 24.0 Å². The Morgan fingerprint density at radius 1 is 1.10 bits per heavy atom. The molecule has 0 radical (unpaired) electrons. The fourth-order valence-electron chi connectivity index (χ4n) is 2.80. The van der Waals surface area contributed by atoms with Gasteiger partial charge in [0, 0.05) is 39.9 Å². The maximum atomic E-state index is 12.5. The van der Waals surface area contributed by atoms with Crippen molar-refractivity contribution >= 4 is 29.1 Å². The monoisotopic (exact) mass is 406 g/mol. The third-order valence-corrected chi connectivity index (χ3v) is 5.39. The third kappa shape index (κ3) is 5.93. The van der Waals surface area contributed by atoms with Crippen LogP contribution < -0.4 is 10.1 Å². The van der Waals surface area contributed by atoms with Gasteiger partial charge in [0.25, 0.3) is 0 Å². The van der Waals surface area contributed by atoms with E-state index in [1.165, 1.54) is 6.92 Å². The molecule has 0 atom stereocenters. The number of thioether (sulfide) groups is 1. The fourth-order valence-corrected chi connectivity index (χ4v) is 3.63. The molecule has 0 aliphatic carbocycles. The van der Waals surface area contributed by atoms with Crippen LogP contribution in [0.1, 0.15) is 28.4 Å². The molecule has 1 amide bonds. The molecular weight excluding hydrogens is 384 g/mol. The summed E-state index contributed by atoms with van der Waals surface area (Å²) in [6.07, 6.45) is 3.75. The van der Waals surface area contributed by atoms with Gasteiger partial charge in [-0.15, -0.1) is 11.8 Å². The summed E-state index contributed by atoms with van der Waals surface area (Å²) < 4.78 is 5.31. The molecule has 0 bridgehead atoms. The van der Waals surface area contributed by atoms with Crippen LogP contribution >= 0.6 is 11.8 Å². The van der Waals surface area contributed by atoms with Crippen LogP contribution in [0.4, 0.5) is 5.69 Å². The van der Waals surface area contributed by atoms with E-state index >= 15 is 0 Å². The number of Topliss-reactive ketones (excluding diaryl/α,β-unsaturated/α-hetero) is 1. The predicted molar refractivity (Wildman–Crippen MR) is 116 cm³/mol. The summed E-state index contributed by atoms with van der Waals surface area (Å²) in [5.74, 6) is 1.21. The van der Waals surface area contributed by atoms with Crippen LogP contribution in [-0.4, -0.2) is 23.8 Å². The summed E-state index contributed by atoms with van der Waals surface area (Å²) in [5, 5.41) is 2.89. The van der Waals surface area contributed by atoms with E-state index in [1.54, 1.807) is 43.3 Å². The number of ketones is 1. The number of nitrogens with one attached hydrogen (secondary N) is 1. The summed E-state index contributed by atoms with van der Waals surface area (Å²) >= 11 is 1.71. The van der Waals surface area contributed by atoms with Crippen molar-refractivity contribution in [3.63, 3.8) is 0 Å². The molecule has 29 heavy (non-hydrogen) atoms. The molecule has 1 heterocycles. The number of carbonyl (C=O) groups excluding carboxylic acids is 2. The minimum Gasteiger partial charge on any atom is -0.496 e. The molecule has 0 aliphatic heterocycles. The summed E-state index contributed by atoms with van der Waals surface area (Å²) in [6, 6.07) is 16.8. The normalized spacial score (nSPS) is 10.4. The minimum absolute atomic E-state index is 0.0475. The lowest BCUT2D eigenvalue weighted by Gasteiger charge is -2.11. The van der Waals surface area contributed by atoms with Gasteiger partial charge in [-0.3, -0.25) is 14.6 Å². The van der Waals surface area contributed by atoms with Gasteiger partial charge in [0.05, 0.1) is 13.5 Å². The van der Waals surface area contributed by atoms with Crippen molar-refractivity contribution in [1.29, 1.82) is 0 Å². The van der Waals surface area contributed by atoms with Gasteiger partial charge in [0.2, 0.25) is 5.91 Å². The molecule has 148 valence electrons. The number of hydrogen-bond donors (Lipinski definition) is 1. The summed E-state index contributed by atoms with van der Waals surface area (Å²) in [5.41, 5.74) is 3.13. The lowest BCUT2D eigenvalue weighted by atomic mass is 10.0. The largest absolute Gasteiger partial charge is 0.496 e.